The third-order valence-corrected chi connectivity index (χ3v) is 7.23. The van der Waals surface area contributed by atoms with Crippen LogP contribution in [0.3, 0.4) is 0 Å². The zero-order valence-electron chi connectivity index (χ0n) is 21.8. The molecule has 38 heavy (non-hydrogen) atoms. The number of carbonyl (C=O) groups excluding carboxylic acids is 1. The Labute approximate surface area is 222 Å². The van der Waals surface area contributed by atoms with E-state index in [9.17, 15) is 4.79 Å². The number of hydrogen-bond acceptors (Lipinski definition) is 6. The maximum atomic E-state index is 12.3. The van der Waals surface area contributed by atoms with E-state index in [1.807, 2.05) is 20.3 Å². The second-order valence-electron chi connectivity index (χ2n) is 9.90. The number of rotatable bonds is 6. The Kier molecular flexibility index (Phi) is 8.52. The molecule has 5 rings (SSSR count). The Balaban J connectivity index is 0.000000505. The van der Waals surface area contributed by atoms with E-state index in [-0.39, 0.29) is 5.91 Å². The SMILES string of the molecule is CN(C)C(=O)CN1C[C@@H](CCN2CCN(c3ccc4[nH]ccc4c3)CC2)c2ccccc21.O=C(O)C(=O)O. The smallest absolute Gasteiger partial charge is 0.414 e. The summed E-state index contributed by atoms with van der Waals surface area (Å²) in [6.07, 6.45) is 3.14. The topological polar surface area (TPSA) is 120 Å². The zero-order chi connectivity index (χ0) is 27.2. The number of carbonyl (C=O) groups is 3. The van der Waals surface area contributed by atoms with Crippen LogP contribution in [0.15, 0.2) is 54.7 Å². The van der Waals surface area contributed by atoms with E-state index in [0.29, 0.717) is 12.5 Å². The van der Waals surface area contributed by atoms with Crippen molar-refractivity contribution in [3.05, 3.63) is 60.3 Å². The summed E-state index contributed by atoms with van der Waals surface area (Å²) in [5.41, 5.74) is 5.16. The van der Waals surface area contributed by atoms with Crippen molar-refractivity contribution in [1.29, 1.82) is 0 Å². The Morgan fingerprint density at radius 1 is 0.974 bits per heavy atom. The molecule has 2 aliphatic rings. The molecule has 2 aliphatic heterocycles. The van der Waals surface area contributed by atoms with Crippen LogP contribution in [0.4, 0.5) is 11.4 Å². The van der Waals surface area contributed by atoms with Crippen LogP contribution in [0.1, 0.15) is 17.9 Å². The van der Waals surface area contributed by atoms with Crippen LogP contribution in [-0.4, -0.2) is 103 Å². The average Bonchev–Trinajstić information content (AvgIpc) is 3.52. The van der Waals surface area contributed by atoms with E-state index in [0.717, 1.165) is 45.7 Å². The Morgan fingerprint density at radius 2 is 1.68 bits per heavy atom. The first-order valence-electron chi connectivity index (χ1n) is 12.8. The van der Waals surface area contributed by atoms with Crippen molar-refractivity contribution in [3.8, 4) is 0 Å². The van der Waals surface area contributed by atoms with Crippen molar-refractivity contribution >= 4 is 40.1 Å². The molecule has 10 nitrogen and oxygen atoms in total. The lowest BCUT2D eigenvalue weighted by atomic mass is 9.97. The van der Waals surface area contributed by atoms with Crippen LogP contribution in [0.25, 0.3) is 10.9 Å². The van der Waals surface area contributed by atoms with E-state index < -0.39 is 11.9 Å². The molecule has 0 unspecified atom stereocenters. The van der Waals surface area contributed by atoms with Gasteiger partial charge in [0, 0.05) is 81.2 Å². The number of amides is 1. The Hall–Kier alpha value is -4.05. The largest absolute Gasteiger partial charge is 0.473 e. The molecule has 1 saturated heterocycles. The van der Waals surface area contributed by atoms with Crippen LogP contribution in [0.5, 0.6) is 0 Å². The van der Waals surface area contributed by atoms with E-state index in [2.05, 4.69) is 68.2 Å². The molecule has 202 valence electrons. The van der Waals surface area contributed by atoms with Gasteiger partial charge in [0.1, 0.15) is 0 Å². The van der Waals surface area contributed by atoms with Gasteiger partial charge < -0.3 is 29.9 Å². The van der Waals surface area contributed by atoms with Crippen LogP contribution < -0.4 is 9.80 Å². The number of nitrogens with zero attached hydrogens (tertiary/aromatic N) is 4. The van der Waals surface area contributed by atoms with Gasteiger partial charge in [-0.25, -0.2) is 9.59 Å². The van der Waals surface area contributed by atoms with Crippen LogP contribution in [-0.2, 0) is 14.4 Å². The number of fused-ring (bicyclic) bond motifs is 2. The molecule has 0 bridgehead atoms. The second kappa shape index (κ2) is 12.0. The van der Waals surface area contributed by atoms with E-state index >= 15 is 0 Å². The van der Waals surface area contributed by atoms with Crippen molar-refractivity contribution in [2.75, 3.05) is 69.7 Å². The summed E-state index contributed by atoms with van der Waals surface area (Å²) in [4.78, 5) is 42.8. The van der Waals surface area contributed by atoms with E-state index in [1.165, 1.54) is 27.8 Å². The average molecular weight is 522 g/mol. The lowest BCUT2D eigenvalue weighted by Crippen LogP contribution is -2.46. The number of nitrogens with one attached hydrogen (secondary N) is 1. The summed E-state index contributed by atoms with van der Waals surface area (Å²) in [5, 5.41) is 16.1. The molecule has 0 aliphatic carbocycles. The lowest BCUT2D eigenvalue weighted by molar-refractivity contribution is -0.159. The van der Waals surface area contributed by atoms with Crippen molar-refractivity contribution in [1.82, 2.24) is 14.8 Å². The predicted octanol–water partition coefficient (Wildman–Crippen LogP) is 2.53. The van der Waals surface area contributed by atoms with Crippen LogP contribution in [0, 0.1) is 0 Å². The number of hydrogen-bond donors (Lipinski definition) is 3. The fraction of sp³-hybridized carbons (Fsp3) is 0.393. The molecule has 2 aromatic carbocycles. The minimum absolute atomic E-state index is 0.161. The molecule has 3 N–H and O–H groups in total. The number of H-pyrrole nitrogens is 1. The third kappa shape index (κ3) is 6.44. The first-order chi connectivity index (χ1) is 18.2. The number of benzene rings is 2. The maximum absolute atomic E-state index is 12.3. The quantitative estimate of drug-likeness (QED) is 0.424. The van der Waals surface area contributed by atoms with Gasteiger partial charge in [0.15, 0.2) is 0 Å². The van der Waals surface area contributed by atoms with Gasteiger partial charge >= 0.3 is 11.9 Å². The van der Waals surface area contributed by atoms with Gasteiger partial charge in [0.25, 0.3) is 0 Å². The number of likely N-dealkylation sites (N-methyl/N-ethyl adjacent to an activating group) is 1. The Morgan fingerprint density at radius 3 is 2.37 bits per heavy atom. The number of aromatic nitrogens is 1. The monoisotopic (exact) mass is 521 g/mol. The summed E-state index contributed by atoms with van der Waals surface area (Å²) in [5.74, 6) is -2.99. The molecule has 0 radical (unpaired) electrons. The highest BCUT2D eigenvalue weighted by atomic mass is 16.4. The summed E-state index contributed by atoms with van der Waals surface area (Å²) in [6.45, 7) is 6.85. The number of carboxylic acid groups (broad SMARTS) is 2. The van der Waals surface area contributed by atoms with Crippen molar-refractivity contribution < 1.29 is 24.6 Å². The van der Waals surface area contributed by atoms with Gasteiger partial charge in [-0.3, -0.25) is 9.69 Å². The third-order valence-electron chi connectivity index (χ3n) is 7.23. The van der Waals surface area contributed by atoms with E-state index in [1.54, 1.807) is 4.90 Å². The standard InChI is InChI=1S/C26H33N5O.C2H2O4/c1-28(2)26(32)19-31-18-21(23-5-3-4-6-25(23)31)10-12-29-13-15-30(16-14-29)22-7-8-24-20(17-22)9-11-27-24;3-1(4)2(5)6/h3-9,11,17,21,27H,10,12-16,18-19H2,1-2H3;(H,3,4)(H,5,6)/t21-;/m1./s1. The second-order valence-corrected chi connectivity index (χ2v) is 9.90. The summed E-state index contributed by atoms with van der Waals surface area (Å²) < 4.78 is 0. The molecule has 1 fully saturated rings. The molecule has 1 aromatic heterocycles. The number of carboxylic acids is 2. The van der Waals surface area contributed by atoms with Gasteiger partial charge in [-0.2, -0.15) is 0 Å². The van der Waals surface area contributed by atoms with Crippen molar-refractivity contribution in [2.24, 2.45) is 0 Å². The highest BCUT2D eigenvalue weighted by Crippen LogP contribution is 2.38. The number of piperazine rings is 1. The first kappa shape index (κ1) is 27.0. The molecule has 3 aromatic rings. The molecule has 1 atom stereocenters. The number of aromatic amines is 1. The molecule has 3 heterocycles. The lowest BCUT2D eigenvalue weighted by Gasteiger charge is -2.36. The van der Waals surface area contributed by atoms with Gasteiger partial charge in [-0.05, 0) is 48.9 Å². The fourth-order valence-corrected chi connectivity index (χ4v) is 5.09. The molecule has 1 amide bonds. The van der Waals surface area contributed by atoms with E-state index in [4.69, 9.17) is 19.8 Å². The van der Waals surface area contributed by atoms with Crippen molar-refractivity contribution in [3.63, 3.8) is 0 Å². The predicted molar refractivity (Wildman–Crippen MR) is 147 cm³/mol. The molecular formula is C28H35N5O5. The zero-order valence-corrected chi connectivity index (χ0v) is 21.8. The van der Waals surface area contributed by atoms with Gasteiger partial charge in [-0.15, -0.1) is 0 Å². The molecule has 0 saturated carbocycles. The van der Waals surface area contributed by atoms with Crippen molar-refractivity contribution in [2.45, 2.75) is 12.3 Å². The van der Waals surface area contributed by atoms with Crippen LogP contribution >= 0.6 is 0 Å². The number of aliphatic carboxylic acids is 2. The fourth-order valence-electron chi connectivity index (χ4n) is 5.09. The van der Waals surface area contributed by atoms with Gasteiger partial charge in [0.05, 0.1) is 6.54 Å². The van der Waals surface area contributed by atoms with Gasteiger partial charge in [-0.1, -0.05) is 18.2 Å². The highest BCUT2D eigenvalue weighted by Gasteiger charge is 2.30. The Bertz CT molecular complexity index is 1270. The molecule has 0 spiro atoms. The summed E-state index contributed by atoms with van der Waals surface area (Å²) in [7, 11) is 3.66. The minimum Gasteiger partial charge on any atom is -0.473 e. The molecule has 10 heteroatoms. The summed E-state index contributed by atoms with van der Waals surface area (Å²) in [6, 6.07) is 17.5. The van der Waals surface area contributed by atoms with Gasteiger partial charge in [0.2, 0.25) is 5.91 Å². The molecular weight excluding hydrogens is 486 g/mol. The first-order valence-corrected chi connectivity index (χ1v) is 12.8. The normalized spacial score (nSPS) is 17.1. The van der Waals surface area contributed by atoms with Crippen LogP contribution in [0.2, 0.25) is 0 Å². The highest BCUT2D eigenvalue weighted by molar-refractivity contribution is 6.27. The maximum Gasteiger partial charge on any atom is 0.414 e. The number of para-hydroxylation sites is 1. The minimum atomic E-state index is -1.82. The number of anilines is 2. The summed E-state index contributed by atoms with van der Waals surface area (Å²) >= 11 is 0.